The molecule has 0 aliphatic rings. The fraction of sp³-hybridized carbons (Fsp3) is 0.0476. The molecule has 4 nitrogen and oxygen atoms in total. The smallest absolute Gasteiger partial charge is 0.257 e. The maximum atomic E-state index is 13.0. The number of anilines is 2. The van der Waals surface area contributed by atoms with E-state index in [4.69, 9.17) is 0 Å². The number of amides is 2. The molecule has 27 heavy (non-hydrogen) atoms. The molecule has 0 aromatic heterocycles. The van der Waals surface area contributed by atoms with Crippen molar-refractivity contribution in [1.29, 1.82) is 0 Å². The molecule has 0 bridgehead atoms. The van der Waals surface area contributed by atoms with Crippen molar-refractivity contribution in [3.63, 3.8) is 0 Å². The first-order valence-electron chi connectivity index (χ1n) is 8.17. The van der Waals surface area contributed by atoms with E-state index < -0.39 is 11.7 Å². The minimum absolute atomic E-state index is 0.306. The van der Waals surface area contributed by atoms with Crippen LogP contribution in [0.1, 0.15) is 26.3 Å². The molecular formula is C21H16FIN2O2. The summed E-state index contributed by atoms with van der Waals surface area (Å²) >= 11 is 2.11. The van der Waals surface area contributed by atoms with Gasteiger partial charge in [-0.05, 0) is 89.7 Å². The molecule has 3 aromatic rings. The van der Waals surface area contributed by atoms with Gasteiger partial charge in [0.2, 0.25) is 0 Å². The van der Waals surface area contributed by atoms with E-state index in [-0.39, 0.29) is 5.91 Å². The molecule has 136 valence electrons. The Morgan fingerprint density at radius 1 is 0.889 bits per heavy atom. The quantitative estimate of drug-likeness (QED) is 0.508. The number of rotatable bonds is 4. The van der Waals surface area contributed by atoms with E-state index in [1.807, 2.05) is 25.1 Å². The van der Waals surface area contributed by atoms with Crippen LogP contribution in [0.15, 0.2) is 66.7 Å². The van der Waals surface area contributed by atoms with E-state index in [9.17, 15) is 14.0 Å². The van der Waals surface area contributed by atoms with Crippen molar-refractivity contribution in [3.8, 4) is 0 Å². The van der Waals surface area contributed by atoms with Gasteiger partial charge in [0.15, 0.2) is 0 Å². The lowest BCUT2D eigenvalue weighted by Crippen LogP contribution is -2.18. The third-order valence-corrected chi connectivity index (χ3v) is 4.53. The molecule has 2 N–H and O–H groups in total. The average molecular weight is 474 g/mol. The van der Waals surface area contributed by atoms with Gasteiger partial charge in [-0.3, -0.25) is 9.59 Å². The van der Waals surface area contributed by atoms with Gasteiger partial charge in [0.1, 0.15) is 5.82 Å². The predicted octanol–water partition coefficient (Wildman–Crippen LogP) is 5.24. The lowest BCUT2D eigenvalue weighted by Gasteiger charge is -2.12. The molecule has 0 saturated carbocycles. The third kappa shape index (κ3) is 4.91. The molecule has 0 unspecified atom stereocenters. The second kappa shape index (κ2) is 8.30. The molecule has 3 rings (SSSR count). The predicted molar refractivity (Wildman–Crippen MR) is 113 cm³/mol. The van der Waals surface area contributed by atoms with Crippen molar-refractivity contribution in [2.45, 2.75) is 6.92 Å². The molecule has 0 saturated heterocycles. The van der Waals surface area contributed by atoms with Crippen molar-refractivity contribution in [2.75, 3.05) is 10.6 Å². The number of carbonyl (C=O) groups excluding carboxylic acids is 2. The minimum atomic E-state index is -0.418. The zero-order chi connectivity index (χ0) is 19.4. The van der Waals surface area contributed by atoms with Crippen molar-refractivity contribution in [3.05, 3.63) is 92.8 Å². The van der Waals surface area contributed by atoms with Gasteiger partial charge < -0.3 is 10.6 Å². The molecule has 6 heteroatoms. The van der Waals surface area contributed by atoms with Crippen LogP contribution in [0.5, 0.6) is 0 Å². The summed E-state index contributed by atoms with van der Waals surface area (Å²) < 4.78 is 13.9. The van der Waals surface area contributed by atoms with E-state index >= 15 is 0 Å². The van der Waals surface area contributed by atoms with Crippen LogP contribution in [0.2, 0.25) is 0 Å². The SMILES string of the molecule is Cc1cccc(NC(=O)c2cc(I)ccc2NC(=O)c2ccc(F)cc2)c1. The molecule has 3 aromatic carbocycles. The van der Waals surface area contributed by atoms with Gasteiger partial charge in [-0.2, -0.15) is 0 Å². The Bertz CT molecular complexity index is 1000. The number of hydrogen-bond acceptors (Lipinski definition) is 2. The molecule has 0 fully saturated rings. The van der Waals surface area contributed by atoms with Crippen LogP contribution in [-0.4, -0.2) is 11.8 Å². The summed E-state index contributed by atoms with van der Waals surface area (Å²) in [4.78, 5) is 25.2. The van der Waals surface area contributed by atoms with Crippen molar-refractivity contribution >= 4 is 45.8 Å². The molecule has 0 spiro atoms. The monoisotopic (exact) mass is 474 g/mol. The highest BCUT2D eigenvalue weighted by molar-refractivity contribution is 14.1. The summed E-state index contributed by atoms with van der Waals surface area (Å²) in [6, 6.07) is 17.9. The number of carbonyl (C=O) groups is 2. The Kier molecular flexibility index (Phi) is 5.85. The lowest BCUT2D eigenvalue weighted by molar-refractivity contribution is 0.102. The summed E-state index contributed by atoms with van der Waals surface area (Å²) in [6.45, 7) is 1.94. The van der Waals surface area contributed by atoms with Gasteiger partial charge in [0.05, 0.1) is 11.3 Å². The van der Waals surface area contributed by atoms with Crippen molar-refractivity contribution in [1.82, 2.24) is 0 Å². The van der Waals surface area contributed by atoms with E-state index in [0.29, 0.717) is 22.5 Å². The second-order valence-electron chi connectivity index (χ2n) is 5.97. The highest BCUT2D eigenvalue weighted by Crippen LogP contribution is 2.22. The summed E-state index contributed by atoms with van der Waals surface area (Å²) in [7, 11) is 0. The van der Waals surface area contributed by atoms with Crippen LogP contribution < -0.4 is 10.6 Å². The van der Waals surface area contributed by atoms with E-state index in [1.54, 1.807) is 24.3 Å². The largest absolute Gasteiger partial charge is 0.322 e. The zero-order valence-corrected chi connectivity index (χ0v) is 16.6. The molecule has 2 amide bonds. The molecule has 0 atom stereocenters. The van der Waals surface area contributed by atoms with Crippen LogP contribution in [0.25, 0.3) is 0 Å². The highest BCUT2D eigenvalue weighted by Gasteiger charge is 2.15. The molecule has 0 aliphatic carbocycles. The van der Waals surface area contributed by atoms with Crippen LogP contribution in [0, 0.1) is 16.3 Å². The van der Waals surface area contributed by atoms with E-state index in [0.717, 1.165) is 9.13 Å². The molecule has 0 heterocycles. The fourth-order valence-corrected chi connectivity index (χ4v) is 3.02. The Labute approximate surface area is 169 Å². The summed E-state index contributed by atoms with van der Waals surface area (Å²) in [6.07, 6.45) is 0. The first-order chi connectivity index (χ1) is 12.9. The second-order valence-corrected chi connectivity index (χ2v) is 7.22. The van der Waals surface area contributed by atoms with Crippen molar-refractivity contribution < 1.29 is 14.0 Å². The number of benzene rings is 3. The summed E-state index contributed by atoms with van der Waals surface area (Å²) in [5, 5.41) is 5.57. The van der Waals surface area contributed by atoms with Crippen molar-refractivity contribution in [2.24, 2.45) is 0 Å². The maximum absolute atomic E-state index is 13.0. The van der Waals surface area contributed by atoms with Crippen LogP contribution in [0.3, 0.4) is 0 Å². The van der Waals surface area contributed by atoms with Gasteiger partial charge in [0.25, 0.3) is 11.8 Å². The Balaban J connectivity index is 1.85. The minimum Gasteiger partial charge on any atom is -0.322 e. The zero-order valence-electron chi connectivity index (χ0n) is 14.4. The van der Waals surface area contributed by atoms with E-state index in [1.165, 1.54) is 24.3 Å². The lowest BCUT2D eigenvalue weighted by atomic mass is 10.1. The summed E-state index contributed by atoms with van der Waals surface area (Å²) in [5.41, 5.74) is 2.74. The van der Waals surface area contributed by atoms with Gasteiger partial charge >= 0.3 is 0 Å². The maximum Gasteiger partial charge on any atom is 0.257 e. The fourth-order valence-electron chi connectivity index (χ4n) is 2.53. The molecular weight excluding hydrogens is 458 g/mol. The molecule has 0 radical (unpaired) electrons. The van der Waals surface area contributed by atoms with Crippen LogP contribution in [-0.2, 0) is 0 Å². The topological polar surface area (TPSA) is 58.2 Å². The first kappa shape index (κ1) is 19.0. The number of aryl methyl sites for hydroxylation is 1. The highest BCUT2D eigenvalue weighted by atomic mass is 127. The first-order valence-corrected chi connectivity index (χ1v) is 9.25. The number of nitrogens with one attached hydrogen (secondary N) is 2. The molecule has 0 aliphatic heterocycles. The number of hydrogen-bond donors (Lipinski definition) is 2. The normalized spacial score (nSPS) is 10.3. The van der Waals surface area contributed by atoms with Gasteiger partial charge in [-0.15, -0.1) is 0 Å². The average Bonchev–Trinajstić information content (AvgIpc) is 2.63. The van der Waals surface area contributed by atoms with Crippen LogP contribution in [0.4, 0.5) is 15.8 Å². The number of halogens is 2. The van der Waals surface area contributed by atoms with Crippen LogP contribution >= 0.6 is 22.6 Å². The van der Waals surface area contributed by atoms with E-state index in [2.05, 4.69) is 33.2 Å². The Morgan fingerprint density at radius 2 is 1.63 bits per heavy atom. The standard InChI is InChI=1S/C21H16FIN2O2/c1-13-3-2-4-17(11-13)24-21(27)18-12-16(23)9-10-19(18)25-20(26)14-5-7-15(22)8-6-14/h2-12H,1H3,(H,24,27)(H,25,26). The third-order valence-electron chi connectivity index (χ3n) is 3.86. The Hall–Kier alpha value is -2.74. The van der Waals surface area contributed by atoms with Gasteiger partial charge in [-0.25, -0.2) is 4.39 Å². The van der Waals surface area contributed by atoms with Gasteiger partial charge in [0, 0.05) is 14.8 Å². The Morgan fingerprint density at radius 3 is 2.33 bits per heavy atom. The van der Waals surface area contributed by atoms with Gasteiger partial charge in [-0.1, -0.05) is 12.1 Å². The summed E-state index contributed by atoms with van der Waals surface area (Å²) in [5.74, 6) is -1.16.